The molecule has 0 amide bonds. The molecule has 1 N–H and O–H groups in total. The Morgan fingerprint density at radius 1 is 1.35 bits per heavy atom. The van der Waals surface area contributed by atoms with E-state index < -0.39 is 0 Å². The zero-order chi connectivity index (χ0) is 14.7. The fourth-order valence-corrected chi connectivity index (χ4v) is 2.19. The van der Waals surface area contributed by atoms with Gasteiger partial charge in [0, 0.05) is 37.3 Å². The van der Waals surface area contributed by atoms with Gasteiger partial charge in [0.25, 0.3) is 0 Å². The number of hydrogen-bond donors (Lipinski definition) is 1. The van der Waals surface area contributed by atoms with Crippen LogP contribution >= 0.6 is 11.6 Å². The molecule has 0 saturated carbocycles. The first-order valence-electron chi connectivity index (χ1n) is 6.79. The summed E-state index contributed by atoms with van der Waals surface area (Å²) in [4.78, 5) is 8.70. The van der Waals surface area contributed by atoms with Gasteiger partial charge in [0.05, 0.1) is 5.69 Å². The van der Waals surface area contributed by atoms with E-state index in [1.54, 1.807) is 6.07 Å². The number of rotatable bonds is 5. The minimum Gasteiger partial charge on any atom is -0.366 e. The van der Waals surface area contributed by atoms with Gasteiger partial charge >= 0.3 is 0 Å². The predicted octanol–water partition coefficient (Wildman–Crippen LogP) is 3.16. The molecule has 20 heavy (non-hydrogen) atoms. The molecule has 5 nitrogen and oxygen atoms in total. The van der Waals surface area contributed by atoms with Crippen LogP contribution in [0.5, 0.6) is 0 Å². The summed E-state index contributed by atoms with van der Waals surface area (Å²) in [5.74, 6) is 1.75. The Kier molecular flexibility index (Phi) is 4.60. The van der Waals surface area contributed by atoms with Crippen molar-refractivity contribution >= 4 is 17.4 Å². The minimum atomic E-state index is 0.249. The van der Waals surface area contributed by atoms with Crippen molar-refractivity contribution in [3.8, 4) is 0 Å². The van der Waals surface area contributed by atoms with Gasteiger partial charge in [0.1, 0.15) is 16.8 Å². The number of halogens is 1. The first kappa shape index (κ1) is 14.8. The largest absolute Gasteiger partial charge is 0.366 e. The average Bonchev–Trinajstić information content (AvgIpc) is 2.76. The number of nitrogens with zero attached hydrogens (tertiary/aromatic N) is 4. The van der Waals surface area contributed by atoms with E-state index in [0.717, 1.165) is 23.8 Å². The standard InChI is InChI=1S/C14H20ClN5/c1-5-11-10(8-20(4)19-11)7-16-13-6-12(15)17-14(18-13)9(2)3/h6,8-9H,5,7H2,1-4H3,(H,16,17,18). The molecule has 0 spiro atoms. The molecule has 0 unspecified atom stereocenters. The van der Waals surface area contributed by atoms with Gasteiger partial charge in [-0.3, -0.25) is 4.68 Å². The lowest BCUT2D eigenvalue weighted by atomic mass is 10.2. The fourth-order valence-electron chi connectivity index (χ4n) is 2.00. The summed E-state index contributed by atoms with van der Waals surface area (Å²) in [5.41, 5.74) is 2.28. The maximum absolute atomic E-state index is 6.03. The van der Waals surface area contributed by atoms with E-state index in [1.807, 2.05) is 31.8 Å². The highest BCUT2D eigenvalue weighted by Gasteiger charge is 2.09. The molecular weight excluding hydrogens is 274 g/mol. The Balaban J connectivity index is 2.14. The van der Waals surface area contributed by atoms with Crippen LogP contribution in [0, 0.1) is 0 Å². The van der Waals surface area contributed by atoms with Gasteiger partial charge in [-0.05, 0) is 6.42 Å². The number of nitrogens with one attached hydrogen (secondary N) is 1. The molecule has 6 heteroatoms. The highest BCUT2D eigenvalue weighted by atomic mass is 35.5. The quantitative estimate of drug-likeness (QED) is 0.860. The smallest absolute Gasteiger partial charge is 0.135 e. The summed E-state index contributed by atoms with van der Waals surface area (Å²) in [5, 5.41) is 8.18. The summed E-state index contributed by atoms with van der Waals surface area (Å²) in [6.45, 7) is 6.88. The van der Waals surface area contributed by atoms with Crippen molar-refractivity contribution in [2.24, 2.45) is 7.05 Å². The van der Waals surface area contributed by atoms with Crippen molar-refractivity contribution < 1.29 is 0 Å². The van der Waals surface area contributed by atoms with Gasteiger partial charge in [0.2, 0.25) is 0 Å². The van der Waals surface area contributed by atoms with Crippen molar-refractivity contribution in [1.82, 2.24) is 19.7 Å². The van der Waals surface area contributed by atoms with E-state index in [9.17, 15) is 0 Å². The zero-order valence-corrected chi connectivity index (χ0v) is 13.1. The summed E-state index contributed by atoms with van der Waals surface area (Å²) in [6, 6.07) is 1.75. The summed E-state index contributed by atoms with van der Waals surface area (Å²) >= 11 is 6.03. The van der Waals surface area contributed by atoms with Crippen LogP contribution < -0.4 is 5.32 Å². The van der Waals surface area contributed by atoms with Gasteiger partial charge in [-0.15, -0.1) is 0 Å². The lowest BCUT2D eigenvalue weighted by Crippen LogP contribution is -2.06. The van der Waals surface area contributed by atoms with Gasteiger partial charge < -0.3 is 5.32 Å². The third-order valence-corrected chi connectivity index (χ3v) is 3.21. The lowest BCUT2D eigenvalue weighted by molar-refractivity contribution is 0.746. The normalized spacial score (nSPS) is 11.1. The second-order valence-electron chi connectivity index (χ2n) is 5.07. The van der Waals surface area contributed by atoms with Gasteiger partial charge in [-0.25, -0.2) is 9.97 Å². The number of hydrogen-bond acceptors (Lipinski definition) is 4. The van der Waals surface area contributed by atoms with Crippen LogP contribution in [0.4, 0.5) is 5.82 Å². The average molecular weight is 294 g/mol. The highest BCUT2D eigenvalue weighted by Crippen LogP contribution is 2.18. The van der Waals surface area contributed by atoms with E-state index >= 15 is 0 Å². The number of aromatic nitrogens is 4. The van der Waals surface area contributed by atoms with E-state index in [-0.39, 0.29) is 5.92 Å². The Bertz CT molecular complexity index is 591. The first-order chi connectivity index (χ1) is 9.49. The summed E-state index contributed by atoms with van der Waals surface area (Å²) in [7, 11) is 1.93. The van der Waals surface area contributed by atoms with Gasteiger partial charge in [-0.1, -0.05) is 32.4 Å². The second-order valence-corrected chi connectivity index (χ2v) is 5.46. The Hall–Kier alpha value is -1.62. The fraction of sp³-hybridized carbons (Fsp3) is 0.500. The van der Waals surface area contributed by atoms with Crippen molar-refractivity contribution in [3.05, 3.63) is 34.5 Å². The topological polar surface area (TPSA) is 55.6 Å². The van der Waals surface area contributed by atoms with Crippen molar-refractivity contribution in [2.75, 3.05) is 5.32 Å². The van der Waals surface area contributed by atoms with Crippen molar-refractivity contribution in [3.63, 3.8) is 0 Å². The lowest BCUT2D eigenvalue weighted by Gasteiger charge is -2.09. The highest BCUT2D eigenvalue weighted by molar-refractivity contribution is 6.29. The van der Waals surface area contributed by atoms with Crippen LogP contribution in [0.15, 0.2) is 12.3 Å². The molecule has 0 saturated heterocycles. The maximum Gasteiger partial charge on any atom is 0.135 e. The van der Waals surface area contributed by atoms with Crippen LogP contribution in [-0.4, -0.2) is 19.7 Å². The molecule has 0 aliphatic rings. The van der Waals surface area contributed by atoms with Gasteiger partial charge in [-0.2, -0.15) is 5.10 Å². The van der Waals surface area contributed by atoms with Gasteiger partial charge in [0.15, 0.2) is 0 Å². The van der Waals surface area contributed by atoms with E-state index in [2.05, 4.69) is 27.3 Å². The molecule has 0 aliphatic carbocycles. The van der Waals surface area contributed by atoms with Crippen LogP contribution in [0.25, 0.3) is 0 Å². The third-order valence-electron chi connectivity index (χ3n) is 3.02. The molecule has 0 fully saturated rings. The molecule has 0 bridgehead atoms. The summed E-state index contributed by atoms with van der Waals surface area (Å²) < 4.78 is 1.84. The van der Waals surface area contributed by atoms with Crippen LogP contribution in [0.1, 0.15) is 43.8 Å². The van der Waals surface area contributed by atoms with E-state index in [1.165, 1.54) is 5.56 Å². The Morgan fingerprint density at radius 3 is 2.75 bits per heavy atom. The molecule has 0 aliphatic heterocycles. The van der Waals surface area contributed by atoms with Crippen LogP contribution in [-0.2, 0) is 20.0 Å². The molecule has 2 rings (SSSR count). The van der Waals surface area contributed by atoms with Crippen molar-refractivity contribution in [2.45, 2.75) is 39.7 Å². The minimum absolute atomic E-state index is 0.249. The number of aryl methyl sites for hydroxylation is 2. The predicted molar refractivity (Wildman–Crippen MR) is 81.0 cm³/mol. The first-order valence-corrected chi connectivity index (χ1v) is 7.17. The maximum atomic E-state index is 6.03. The molecule has 2 aromatic rings. The molecule has 2 heterocycles. The molecule has 2 aromatic heterocycles. The molecule has 0 radical (unpaired) electrons. The Morgan fingerprint density at radius 2 is 2.10 bits per heavy atom. The zero-order valence-electron chi connectivity index (χ0n) is 12.3. The molecule has 0 aromatic carbocycles. The van der Waals surface area contributed by atoms with Crippen LogP contribution in [0.2, 0.25) is 5.15 Å². The van der Waals surface area contributed by atoms with E-state index in [4.69, 9.17) is 11.6 Å². The SMILES string of the molecule is CCc1nn(C)cc1CNc1cc(Cl)nc(C(C)C)n1. The second kappa shape index (κ2) is 6.22. The van der Waals surface area contributed by atoms with Crippen LogP contribution in [0.3, 0.4) is 0 Å². The third kappa shape index (κ3) is 3.48. The summed E-state index contributed by atoms with van der Waals surface area (Å²) in [6.07, 6.45) is 2.94. The Labute approximate surface area is 124 Å². The molecule has 108 valence electrons. The molecule has 0 atom stereocenters. The van der Waals surface area contributed by atoms with Crippen molar-refractivity contribution in [1.29, 1.82) is 0 Å². The number of anilines is 1. The molecular formula is C14H20ClN5. The monoisotopic (exact) mass is 293 g/mol. The van der Waals surface area contributed by atoms with E-state index in [0.29, 0.717) is 11.7 Å².